The van der Waals surface area contributed by atoms with Gasteiger partial charge in [0, 0.05) is 32.3 Å². The zero-order chi connectivity index (χ0) is 19.5. The van der Waals surface area contributed by atoms with Crippen molar-refractivity contribution in [1.29, 1.82) is 0 Å². The van der Waals surface area contributed by atoms with E-state index < -0.39 is 0 Å². The fraction of sp³-hybridized carbons (Fsp3) is 0.435. The minimum atomic E-state index is 0.0719. The fourth-order valence-electron chi connectivity index (χ4n) is 4.11. The quantitative estimate of drug-likeness (QED) is 0.683. The maximum Gasteiger partial charge on any atom is 0.159 e. The molecule has 5 nitrogen and oxygen atoms in total. The Bertz CT molecular complexity index is 843. The summed E-state index contributed by atoms with van der Waals surface area (Å²) in [4.78, 5) is 16.7. The van der Waals surface area contributed by atoms with Gasteiger partial charge in [0.05, 0.1) is 17.5 Å². The van der Waals surface area contributed by atoms with E-state index in [2.05, 4.69) is 15.9 Å². The molecule has 0 atom stereocenters. The van der Waals surface area contributed by atoms with Crippen LogP contribution in [-0.2, 0) is 4.74 Å². The molecule has 0 radical (unpaired) electrons. The van der Waals surface area contributed by atoms with Crippen molar-refractivity contribution in [3.63, 3.8) is 0 Å². The molecule has 148 valence electrons. The van der Waals surface area contributed by atoms with Crippen LogP contribution in [0.2, 0.25) is 0 Å². The summed E-state index contributed by atoms with van der Waals surface area (Å²) in [6.07, 6.45) is 3.69. The second-order valence-electron chi connectivity index (χ2n) is 7.59. The van der Waals surface area contributed by atoms with Gasteiger partial charge < -0.3 is 19.3 Å². The maximum atomic E-state index is 11.9. The number of hydrogen-bond acceptors (Lipinski definition) is 5. The standard InChI is InChI=1S/C23H28N2O3/c1-17(26)18-8-9-23-21(16-18)25(20-6-3-4-7-22(20)28-23)13-5-12-24-14-10-19(27-2)11-15-24/h3-4,6-9,16,19H,5,10-15H2,1-2H3. The number of carbonyl (C=O) groups excluding carboxylic acids is 1. The summed E-state index contributed by atoms with van der Waals surface area (Å²) < 4.78 is 11.6. The van der Waals surface area contributed by atoms with Gasteiger partial charge in [-0.25, -0.2) is 0 Å². The van der Waals surface area contributed by atoms with Gasteiger partial charge in [0.2, 0.25) is 0 Å². The highest BCUT2D eigenvalue weighted by molar-refractivity contribution is 5.96. The Hall–Kier alpha value is -2.37. The van der Waals surface area contributed by atoms with E-state index in [-0.39, 0.29) is 5.78 Å². The highest BCUT2D eigenvalue weighted by Gasteiger charge is 2.25. The van der Waals surface area contributed by atoms with Crippen LogP contribution in [0.4, 0.5) is 11.4 Å². The number of rotatable bonds is 6. The Morgan fingerprint density at radius 1 is 1.07 bits per heavy atom. The van der Waals surface area contributed by atoms with Gasteiger partial charge in [0.1, 0.15) is 0 Å². The number of ether oxygens (including phenoxy) is 2. The van der Waals surface area contributed by atoms with Crippen molar-refractivity contribution in [1.82, 2.24) is 4.90 Å². The molecule has 1 saturated heterocycles. The first-order chi connectivity index (χ1) is 13.7. The number of methoxy groups -OCH3 is 1. The van der Waals surface area contributed by atoms with E-state index in [1.165, 1.54) is 0 Å². The summed E-state index contributed by atoms with van der Waals surface area (Å²) in [5.41, 5.74) is 2.76. The number of Topliss-reactive ketones (excluding diaryl/α,β-unsaturated/α-hetero) is 1. The molecule has 2 aromatic carbocycles. The number of likely N-dealkylation sites (tertiary alicyclic amines) is 1. The molecule has 4 rings (SSSR count). The Morgan fingerprint density at radius 2 is 1.82 bits per heavy atom. The molecule has 2 aliphatic rings. The van der Waals surface area contributed by atoms with Crippen molar-refractivity contribution in [2.75, 3.05) is 38.2 Å². The van der Waals surface area contributed by atoms with E-state index >= 15 is 0 Å². The molecule has 0 aromatic heterocycles. The van der Waals surface area contributed by atoms with Crippen LogP contribution in [0.25, 0.3) is 0 Å². The van der Waals surface area contributed by atoms with Crippen molar-refractivity contribution in [3.8, 4) is 11.5 Å². The normalized spacial score (nSPS) is 17.0. The Kier molecular flexibility index (Phi) is 5.64. The SMILES string of the molecule is COC1CCN(CCCN2c3ccccc3Oc3ccc(C(C)=O)cc32)CC1. The summed E-state index contributed by atoms with van der Waals surface area (Å²) in [5.74, 6) is 1.75. The van der Waals surface area contributed by atoms with Crippen LogP contribution in [0.15, 0.2) is 42.5 Å². The second kappa shape index (κ2) is 8.33. The van der Waals surface area contributed by atoms with Crippen LogP contribution < -0.4 is 9.64 Å². The fourth-order valence-corrected chi connectivity index (χ4v) is 4.11. The Labute approximate surface area is 166 Å². The molecule has 0 saturated carbocycles. The minimum absolute atomic E-state index is 0.0719. The third-order valence-corrected chi connectivity index (χ3v) is 5.76. The number of carbonyl (C=O) groups is 1. The zero-order valence-electron chi connectivity index (χ0n) is 16.7. The van der Waals surface area contributed by atoms with Gasteiger partial charge in [-0.15, -0.1) is 0 Å². The number of fused-ring (bicyclic) bond motifs is 2. The number of nitrogens with zero attached hydrogens (tertiary/aromatic N) is 2. The van der Waals surface area contributed by atoms with Crippen molar-refractivity contribution in [3.05, 3.63) is 48.0 Å². The number of piperidine rings is 1. The number of hydrogen-bond donors (Lipinski definition) is 0. The summed E-state index contributed by atoms with van der Waals surface area (Å²) in [5, 5.41) is 0. The molecule has 28 heavy (non-hydrogen) atoms. The summed E-state index contributed by atoms with van der Waals surface area (Å²) in [6, 6.07) is 13.8. The number of ketones is 1. The maximum absolute atomic E-state index is 11.9. The predicted octanol–water partition coefficient (Wildman–Crippen LogP) is 4.63. The van der Waals surface area contributed by atoms with Crippen molar-refractivity contribution in [2.24, 2.45) is 0 Å². The Morgan fingerprint density at radius 3 is 2.57 bits per heavy atom. The summed E-state index contributed by atoms with van der Waals surface area (Å²) in [6.45, 7) is 5.76. The molecular formula is C23H28N2O3. The highest BCUT2D eigenvalue weighted by Crippen LogP contribution is 2.46. The second-order valence-corrected chi connectivity index (χ2v) is 7.59. The van der Waals surface area contributed by atoms with E-state index in [4.69, 9.17) is 9.47 Å². The van der Waals surface area contributed by atoms with Crippen molar-refractivity contribution >= 4 is 17.2 Å². The van der Waals surface area contributed by atoms with E-state index in [0.717, 1.165) is 68.3 Å². The van der Waals surface area contributed by atoms with Gasteiger partial charge >= 0.3 is 0 Å². The lowest BCUT2D eigenvalue weighted by molar-refractivity contribution is 0.0410. The van der Waals surface area contributed by atoms with E-state index in [1.807, 2.05) is 43.5 Å². The molecule has 0 N–H and O–H groups in total. The van der Waals surface area contributed by atoms with E-state index in [1.54, 1.807) is 6.92 Å². The van der Waals surface area contributed by atoms with Crippen molar-refractivity contribution < 1.29 is 14.3 Å². The molecule has 1 fully saturated rings. The van der Waals surface area contributed by atoms with Crippen LogP contribution in [0, 0.1) is 0 Å². The number of para-hydroxylation sites is 2. The lowest BCUT2D eigenvalue weighted by Crippen LogP contribution is -2.38. The van der Waals surface area contributed by atoms with Gasteiger partial charge in [0.25, 0.3) is 0 Å². The molecular weight excluding hydrogens is 352 g/mol. The topological polar surface area (TPSA) is 42.0 Å². The predicted molar refractivity (Wildman–Crippen MR) is 111 cm³/mol. The molecule has 5 heteroatoms. The number of anilines is 2. The Balaban J connectivity index is 1.49. The molecule has 2 heterocycles. The summed E-state index contributed by atoms with van der Waals surface area (Å²) in [7, 11) is 1.81. The summed E-state index contributed by atoms with van der Waals surface area (Å²) >= 11 is 0. The lowest BCUT2D eigenvalue weighted by Gasteiger charge is -2.35. The van der Waals surface area contributed by atoms with Gasteiger partial charge in [0.15, 0.2) is 17.3 Å². The molecule has 0 bridgehead atoms. The average molecular weight is 380 g/mol. The van der Waals surface area contributed by atoms with E-state index in [0.29, 0.717) is 11.7 Å². The van der Waals surface area contributed by atoms with Crippen LogP contribution in [0.3, 0.4) is 0 Å². The third kappa shape index (κ3) is 3.91. The molecule has 2 aromatic rings. The van der Waals surface area contributed by atoms with Gasteiger partial charge in [-0.05, 0) is 63.1 Å². The van der Waals surface area contributed by atoms with Gasteiger partial charge in [-0.1, -0.05) is 12.1 Å². The first kappa shape index (κ1) is 19.0. The first-order valence-electron chi connectivity index (χ1n) is 10.1. The first-order valence-corrected chi connectivity index (χ1v) is 10.1. The molecule has 2 aliphatic heterocycles. The number of benzene rings is 2. The minimum Gasteiger partial charge on any atom is -0.453 e. The zero-order valence-corrected chi connectivity index (χ0v) is 16.7. The smallest absolute Gasteiger partial charge is 0.159 e. The van der Waals surface area contributed by atoms with Crippen molar-refractivity contribution in [2.45, 2.75) is 32.3 Å². The molecule has 0 amide bonds. The molecule has 0 spiro atoms. The monoisotopic (exact) mass is 380 g/mol. The highest BCUT2D eigenvalue weighted by atomic mass is 16.5. The van der Waals surface area contributed by atoms with Gasteiger partial charge in [-0.3, -0.25) is 4.79 Å². The van der Waals surface area contributed by atoms with Crippen LogP contribution in [-0.4, -0.2) is 50.1 Å². The molecule has 0 unspecified atom stereocenters. The van der Waals surface area contributed by atoms with E-state index in [9.17, 15) is 4.79 Å². The lowest BCUT2D eigenvalue weighted by atomic mass is 10.1. The van der Waals surface area contributed by atoms with Crippen LogP contribution in [0.5, 0.6) is 11.5 Å². The van der Waals surface area contributed by atoms with Gasteiger partial charge in [-0.2, -0.15) is 0 Å². The third-order valence-electron chi connectivity index (χ3n) is 5.76. The average Bonchev–Trinajstić information content (AvgIpc) is 2.73. The largest absolute Gasteiger partial charge is 0.453 e. The van der Waals surface area contributed by atoms with Crippen LogP contribution in [0.1, 0.15) is 36.5 Å². The molecule has 0 aliphatic carbocycles. The van der Waals surface area contributed by atoms with Crippen LogP contribution >= 0.6 is 0 Å².